The van der Waals surface area contributed by atoms with Gasteiger partial charge < -0.3 is 4.18 Å². The van der Waals surface area contributed by atoms with Gasteiger partial charge >= 0.3 is 0 Å². The summed E-state index contributed by atoms with van der Waals surface area (Å²) in [6.07, 6.45) is 2.89. The Morgan fingerprint density at radius 3 is 2.83 bits per heavy atom. The van der Waals surface area contributed by atoms with Gasteiger partial charge in [-0.3, -0.25) is 0 Å². The third kappa shape index (κ3) is 3.17. The minimum Gasteiger partial charge on any atom is -0.315 e. The highest BCUT2D eigenvalue weighted by molar-refractivity contribution is 9.10. The first-order valence-electron chi connectivity index (χ1n) is 3.73. The van der Waals surface area contributed by atoms with Crippen molar-refractivity contribution in [1.82, 2.24) is 0 Å². The molecular weight excluding hydrogens is 236 g/mol. The highest BCUT2D eigenvalue weighted by Crippen LogP contribution is 2.16. The van der Waals surface area contributed by atoms with E-state index in [0.717, 1.165) is 17.5 Å². The molecule has 0 spiro atoms. The first-order chi connectivity index (χ1) is 5.84. The van der Waals surface area contributed by atoms with Gasteiger partial charge in [-0.05, 0) is 30.1 Å². The highest BCUT2D eigenvalue weighted by atomic mass is 79.9. The summed E-state index contributed by atoms with van der Waals surface area (Å²) in [4.78, 5) is 0. The predicted molar refractivity (Wildman–Crippen MR) is 57.3 cm³/mol. The van der Waals surface area contributed by atoms with E-state index in [0.29, 0.717) is 0 Å². The fraction of sp³-hybridized carbons (Fsp3) is 0.333. The summed E-state index contributed by atoms with van der Waals surface area (Å²) in [7, 11) is 0. The lowest BCUT2D eigenvalue weighted by Crippen LogP contribution is -1.93. The zero-order valence-electron chi connectivity index (χ0n) is 6.92. The summed E-state index contributed by atoms with van der Waals surface area (Å²) in [6, 6.07) is 8.21. The maximum absolute atomic E-state index is 5.19. The first kappa shape index (κ1) is 10.1. The summed E-state index contributed by atoms with van der Waals surface area (Å²) in [5.41, 5.74) is 1.30. The van der Waals surface area contributed by atoms with Gasteiger partial charge in [0, 0.05) is 10.7 Å². The number of hydrogen-bond donors (Lipinski definition) is 0. The largest absolute Gasteiger partial charge is 0.315 e. The van der Waals surface area contributed by atoms with E-state index in [1.54, 1.807) is 0 Å². The van der Waals surface area contributed by atoms with Crippen molar-refractivity contribution in [2.75, 3.05) is 12.9 Å². The van der Waals surface area contributed by atoms with Crippen LogP contribution in [0.25, 0.3) is 0 Å². The molecule has 3 heteroatoms. The predicted octanol–water partition coefficient (Wildman–Crippen LogP) is 3.29. The molecule has 12 heavy (non-hydrogen) atoms. The van der Waals surface area contributed by atoms with Crippen LogP contribution in [-0.2, 0) is 10.6 Å². The van der Waals surface area contributed by atoms with Gasteiger partial charge in [0.05, 0.1) is 6.61 Å². The average Bonchev–Trinajstić information content (AvgIpc) is 2.09. The Hall–Kier alpha value is 0.01000. The zero-order valence-corrected chi connectivity index (χ0v) is 9.32. The lowest BCUT2D eigenvalue weighted by molar-refractivity contribution is 0.381. The second-order valence-corrected chi connectivity index (χ2v) is 3.75. The third-order valence-electron chi connectivity index (χ3n) is 1.53. The van der Waals surface area contributed by atoms with Gasteiger partial charge in [-0.2, -0.15) is 0 Å². The Balaban J connectivity index is 2.46. The highest BCUT2D eigenvalue weighted by Gasteiger charge is 1.97. The second kappa shape index (κ2) is 5.62. The number of hydrogen-bond acceptors (Lipinski definition) is 2. The minimum atomic E-state index is 0.768. The van der Waals surface area contributed by atoms with Crippen LogP contribution in [0, 0.1) is 0 Å². The third-order valence-corrected chi connectivity index (χ3v) is 2.71. The molecule has 0 aliphatic carbocycles. The molecule has 0 radical (unpaired) electrons. The number of benzene rings is 1. The molecule has 0 fully saturated rings. The van der Waals surface area contributed by atoms with Crippen molar-refractivity contribution in [3.05, 3.63) is 34.3 Å². The number of halogens is 1. The van der Waals surface area contributed by atoms with Crippen molar-refractivity contribution in [2.24, 2.45) is 0 Å². The molecule has 0 saturated carbocycles. The molecule has 0 bridgehead atoms. The lowest BCUT2D eigenvalue weighted by atomic mass is 10.2. The van der Waals surface area contributed by atoms with Crippen molar-refractivity contribution in [2.45, 2.75) is 6.42 Å². The smallest absolute Gasteiger partial charge is 0.0654 e. The Labute approximate surface area is 85.8 Å². The van der Waals surface area contributed by atoms with Gasteiger partial charge in [0.1, 0.15) is 0 Å². The monoisotopic (exact) mass is 246 g/mol. The van der Waals surface area contributed by atoms with Crippen LogP contribution in [-0.4, -0.2) is 12.9 Å². The quantitative estimate of drug-likeness (QED) is 0.596. The van der Waals surface area contributed by atoms with Crippen molar-refractivity contribution in [1.29, 1.82) is 0 Å². The second-order valence-electron chi connectivity index (χ2n) is 2.33. The SMILES string of the molecule is CSOCCc1ccccc1Br. The standard InChI is InChI=1S/C9H11BrOS/c1-12-11-7-6-8-4-2-3-5-9(8)10/h2-5H,6-7H2,1H3. The van der Waals surface area contributed by atoms with E-state index in [-0.39, 0.29) is 0 Å². The van der Waals surface area contributed by atoms with Gasteiger partial charge in [0.25, 0.3) is 0 Å². The van der Waals surface area contributed by atoms with Gasteiger partial charge in [0.15, 0.2) is 0 Å². The van der Waals surface area contributed by atoms with Crippen LogP contribution in [0.1, 0.15) is 5.56 Å². The van der Waals surface area contributed by atoms with E-state index >= 15 is 0 Å². The van der Waals surface area contributed by atoms with Crippen molar-refractivity contribution < 1.29 is 4.18 Å². The van der Waals surface area contributed by atoms with E-state index < -0.39 is 0 Å². The van der Waals surface area contributed by atoms with Crippen molar-refractivity contribution >= 4 is 28.0 Å². The Kier molecular flexibility index (Phi) is 4.73. The lowest BCUT2D eigenvalue weighted by Gasteiger charge is -2.02. The van der Waals surface area contributed by atoms with Crippen LogP contribution >= 0.6 is 28.0 Å². The Morgan fingerprint density at radius 2 is 2.17 bits per heavy atom. The summed E-state index contributed by atoms with van der Waals surface area (Å²) < 4.78 is 6.35. The van der Waals surface area contributed by atoms with Gasteiger partial charge in [-0.25, -0.2) is 0 Å². The molecule has 1 aromatic carbocycles. The molecule has 0 aliphatic heterocycles. The van der Waals surface area contributed by atoms with Crippen molar-refractivity contribution in [3.8, 4) is 0 Å². The molecule has 0 amide bonds. The summed E-state index contributed by atoms with van der Waals surface area (Å²) >= 11 is 4.90. The summed E-state index contributed by atoms with van der Waals surface area (Å²) in [5, 5.41) is 0. The molecule has 0 N–H and O–H groups in total. The molecule has 0 aromatic heterocycles. The van der Waals surface area contributed by atoms with Crippen LogP contribution in [0.2, 0.25) is 0 Å². The fourth-order valence-corrected chi connectivity index (χ4v) is 1.67. The minimum absolute atomic E-state index is 0.768. The Morgan fingerprint density at radius 1 is 1.42 bits per heavy atom. The molecule has 0 heterocycles. The normalized spacial score (nSPS) is 10.2. The molecule has 66 valence electrons. The zero-order chi connectivity index (χ0) is 8.81. The maximum Gasteiger partial charge on any atom is 0.0654 e. The molecule has 0 atom stereocenters. The van der Waals surface area contributed by atoms with Gasteiger partial charge in [-0.1, -0.05) is 34.1 Å². The van der Waals surface area contributed by atoms with Crippen LogP contribution in [0.3, 0.4) is 0 Å². The van der Waals surface area contributed by atoms with E-state index in [2.05, 4.69) is 28.1 Å². The molecule has 0 aliphatic rings. The van der Waals surface area contributed by atoms with Crippen LogP contribution in [0.4, 0.5) is 0 Å². The molecule has 1 nitrogen and oxygen atoms in total. The van der Waals surface area contributed by atoms with E-state index in [9.17, 15) is 0 Å². The maximum atomic E-state index is 5.19. The molecule has 0 saturated heterocycles. The van der Waals surface area contributed by atoms with Crippen LogP contribution < -0.4 is 0 Å². The Bertz CT molecular complexity index is 240. The topological polar surface area (TPSA) is 9.23 Å². The van der Waals surface area contributed by atoms with Crippen LogP contribution in [0.5, 0.6) is 0 Å². The molecule has 1 aromatic rings. The first-order valence-corrected chi connectivity index (χ1v) is 5.68. The van der Waals surface area contributed by atoms with E-state index in [1.165, 1.54) is 17.6 Å². The molecule has 0 unspecified atom stereocenters. The molecule has 1 rings (SSSR count). The molecular formula is C9H11BrOS. The van der Waals surface area contributed by atoms with Gasteiger partial charge in [-0.15, -0.1) is 0 Å². The van der Waals surface area contributed by atoms with E-state index in [1.807, 2.05) is 18.4 Å². The summed E-state index contributed by atoms with van der Waals surface area (Å²) in [6.45, 7) is 0.768. The fourth-order valence-electron chi connectivity index (χ4n) is 0.936. The van der Waals surface area contributed by atoms with Crippen molar-refractivity contribution in [3.63, 3.8) is 0 Å². The van der Waals surface area contributed by atoms with E-state index in [4.69, 9.17) is 4.18 Å². The number of rotatable bonds is 4. The summed E-state index contributed by atoms with van der Waals surface area (Å²) in [5.74, 6) is 0. The van der Waals surface area contributed by atoms with Crippen LogP contribution in [0.15, 0.2) is 28.7 Å². The van der Waals surface area contributed by atoms with Gasteiger partial charge in [0.2, 0.25) is 0 Å². The average molecular weight is 247 g/mol.